The van der Waals surface area contributed by atoms with Crippen molar-refractivity contribution < 1.29 is 22.4 Å². The average Bonchev–Trinajstić information content (AvgIpc) is 3.53. The molecule has 3 heterocycles. The van der Waals surface area contributed by atoms with Gasteiger partial charge in [-0.3, -0.25) is 9.59 Å². The number of hydrogen-bond donors (Lipinski definition) is 1. The Bertz CT molecular complexity index is 1940. The summed E-state index contributed by atoms with van der Waals surface area (Å²) in [5, 5.41) is 4.75. The zero-order chi connectivity index (χ0) is 34.1. The zero-order valence-corrected chi connectivity index (χ0v) is 30.6. The lowest BCUT2D eigenvalue weighted by molar-refractivity contribution is -0.151. The van der Waals surface area contributed by atoms with Crippen LogP contribution in [0.2, 0.25) is 5.04 Å². The van der Waals surface area contributed by atoms with E-state index in [9.17, 15) is 18.0 Å². The molecule has 48 heavy (non-hydrogen) atoms. The van der Waals surface area contributed by atoms with Crippen molar-refractivity contribution in [2.45, 2.75) is 72.7 Å². The molecule has 11 heteroatoms. The smallest absolute Gasteiger partial charge is 0.266 e. The Hall–Kier alpha value is -3.77. The molecule has 2 amide bonds. The summed E-state index contributed by atoms with van der Waals surface area (Å²) in [6.07, 6.45) is -1.54. The van der Waals surface area contributed by atoms with Crippen molar-refractivity contribution in [2.75, 3.05) is 4.31 Å². The van der Waals surface area contributed by atoms with Crippen molar-refractivity contribution in [3.05, 3.63) is 121 Å². The number of carbonyl (C=O) groups is 2. The number of sulfonamides is 1. The van der Waals surface area contributed by atoms with Gasteiger partial charge in [-0.1, -0.05) is 134 Å². The number of anilines is 1. The fraction of sp³-hybridized carbons (Fsp3) is 0.297. The Balaban J connectivity index is 1.32. The summed E-state index contributed by atoms with van der Waals surface area (Å²) in [5.74, 6) is -0.710. The topological polar surface area (TPSA) is 96.0 Å². The molecular formula is C37H38BrN3O5SSi. The molecule has 248 valence electrons. The van der Waals surface area contributed by atoms with Gasteiger partial charge in [0, 0.05) is 6.42 Å². The van der Waals surface area contributed by atoms with Crippen LogP contribution in [0.5, 0.6) is 0 Å². The molecule has 2 saturated heterocycles. The average molecular weight is 745 g/mol. The molecule has 0 aliphatic carbocycles. The number of rotatable bonds is 7. The Morgan fingerprint density at radius 3 is 1.94 bits per heavy atom. The maximum Gasteiger partial charge on any atom is 0.266 e. The number of alkyl halides is 1. The first-order chi connectivity index (χ1) is 22.8. The Kier molecular flexibility index (Phi) is 7.97. The largest absolute Gasteiger partial charge is 0.402 e. The first kappa shape index (κ1) is 32.8. The maximum atomic E-state index is 14.9. The molecule has 4 aromatic rings. The molecule has 0 aromatic heterocycles. The van der Waals surface area contributed by atoms with Gasteiger partial charge in [0.1, 0.15) is 18.2 Å². The van der Waals surface area contributed by atoms with Gasteiger partial charge in [0.2, 0.25) is 11.8 Å². The predicted octanol–water partition coefficient (Wildman–Crippen LogP) is 4.88. The van der Waals surface area contributed by atoms with Gasteiger partial charge >= 0.3 is 0 Å². The van der Waals surface area contributed by atoms with E-state index >= 15 is 0 Å². The van der Waals surface area contributed by atoms with Gasteiger partial charge < -0.3 is 14.6 Å². The molecule has 0 bridgehead atoms. The minimum atomic E-state index is -4.14. The van der Waals surface area contributed by atoms with Crippen LogP contribution in [-0.4, -0.2) is 57.8 Å². The number of benzene rings is 4. The van der Waals surface area contributed by atoms with E-state index in [2.05, 4.69) is 66.3 Å². The fourth-order valence-corrected chi connectivity index (χ4v) is 15.5. The van der Waals surface area contributed by atoms with E-state index in [0.717, 1.165) is 15.9 Å². The van der Waals surface area contributed by atoms with Gasteiger partial charge in [0.15, 0.2) is 0 Å². The molecule has 0 saturated carbocycles. The van der Waals surface area contributed by atoms with Gasteiger partial charge in [-0.2, -0.15) is 0 Å². The molecule has 8 nitrogen and oxygen atoms in total. The monoisotopic (exact) mass is 743 g/mol. The number of amides is 2. The summed E-state index contributed by atoms with van der Waals surface area (Å²) in [7, 11) is -7.24. The van der Waals surface area contributed by atoms with Crippen LogP contribution in [0.4, 0.5) is 5.69 Å². The SMILES string of the molecule is C[C@@H](O[Si](c1ccccc1)(c1ccccc1)C(C)(C)C)[C@@H]1NC(=O)[C@@H]2C[C@]3(Br)c4ccccc4N(S(=O)(=O)c4ccccc4)[C@@H]3N2C1=O. The molecule has 0 radical (unpaired) electrons. The number of para-hydroxylation sites is 1. The van der Waals surface area contributed by atoms with Crippen LogP contribution in [-0.2, 0) is 28.4 Å². The van der Waals surface area contributed by atoms with Crippen molar-refractivity contribution in [1.29, 1.82) is 0 Å². The second kappa shape index (κ2) is 11.7. The Morgan fingerprint density at radius 1 is 0.854 bits per heavy atom. The van der Waals surface area contributed by atoms with Gasteiger partial charge in [0.25, 0.3) is 18.3 Å². The molecule has 0 spiro atoms. The summed E-state index contributed by atoms with van der Waals surface area (Å²) in [5.41, 5.74) is 1.20. The second-order valence-corrected chi connectivity index (χ2v) is 21.3. The van der Waals surface area contributed by atoms with Gasteiger partial charge in [-0.25, -0.2) is 12.7 Å². The normalized spacial score (nSPS) is 24.5. The molecule has 0 unspecified atom stereocenters. The third-order valence-corrected chi connectivity index (χ3v) is 18.1. The zero-order valence-electron chi connectivity index (χ0n) is 27.2. The van der Waals surface area contributed by atoms with Crippen LogP contribution in [0.25, 0.3) is 0 Å². The van der Waals surface area contributed by atoms with Gasteiger partial charge in [-0.15, -0.1) is 0 Å². The minimum Gasteiger partial charge on any atom is -0.402 e. The standard InChI is InChI=1S/C37H38BrN3O5SSi/c1-25(46-48(36(2,3)4,27-18-10-6-11-19-27)28-20-12-7-13-21-28)32-34(43)40-31(33(42)39-32)24-37(38)29-22-14-15-23-30(29)41(35(37)40)47(44,45)26-16-8-5-9-17-26/h5-23,25,31-32,35H,24H2,1-4H3,(H,39,42)/t25-,31+,32+,35+,37+/m1/s1. The van der Waals surface area contributed by atoms with Gasteiger partial charge in [0.05, 0.1) is 21.0 Å². The number of nitrogens with one attached hydrogen (secondary N) is 1. The molecule has 1 N–H and O–H groups in total. The van der Waals surface area contributed by atoms with E-state index in [4.69, 9.17) is 4.43 Å². The summed E-state index contributed by atoms with van der Waals surface area (Å²) >= 11 is 3.91. The van der Waals surface area contributed by atoms with E-state index in [-0.39, 0.29) is 28.2 Å². The molecule has 3 aliphatic rings. The van der Waals surface area contributed by atoms with Crippen LogP contribution in [0.1, 0.15) is 39.7 Å². The highest BCUT2D eigenvalue weighted by molar-refractivity contribution is 9.09. The van der Waals surface area contributed by atoms with Crippen LogP contribution in [0.3, 0.4) is 0 Å². The summed E-state index contributed by atoms with van der Waals surface area (Å²) < 4.78 is 36.4. The Morgan fingerprint density at radius 2 is 1.38 bits per heavy atom. The van der Waals surface area contributed by atoms with Crippen LogP contribution < -0.4 is 20.0 Å². The fourth-order valence-electron chi connectivity index (χ4n) is 7.86. The lowest BCUT2D eigenvalue weighted by atomic mass is 9.95. The van der Waals surface area contributed by atoms with Crippen LogP contribution >= 0.6 is 15.9 Å². The summed E-state index contributed by atoms with van der Waals surface area (Å²) in [6.45, 7) is 8.31. The number of nitrogens with zero attached hydrogens (tertiary/aromatic N) is 2. The van der Waals surface area contributed by atoms with Crippen molar-refractivity contribution >= 4 is 62.1 Å². The van der Waals surface area contributed by atoms with E-state index in [1.54, 1.807) is 42.5 Å². The van der Waals surface area contributed by atoms with E-state index in [1.165, 1.54) is 9.21 Å². The molecule has 7 rings (SSSR count). The highest BCUT2D eigenvalue weighted by atomic mass is 79.9. The quantitative estimate of drug-likeness (QED) is 0.215. The summed E-state index contributed by atoms with van der Waals surface area (Å²) in [4.78, 5) is 30.5. The lowest BCUT2D eigenvalue weighted by Gasteiger charge is -2.47. The number of carbonyl (C=O) groups excluding carboxylic acids is 2. The third-order valence-electron chi connectivity index (χ3n) is 9.98. The number of halogens is 1. The third kappa shape index (κ3) is 4.80. The molecular weight excluding hydrogens is 706 g/mol. The number of piperazine rings is 1. The second-order valence-electron chi connectivity index (χ2n) is 13.8. The van der Waals surface area contributed by atoms with E-state index < -0.39 is 47.0 Å². The van der Waals surface area contributed by atoms with Crippen molar-refractivity contribution in [3.8, 4) is 0 Å². The van der Waals surface area contributed by atoms with E-state index in [0.29, 0.717) is 5.69 Å². The molecule has 4 aromatic carbocycles. The minimum absolute atomic E-state index is 0.105. The first-order valence-electron chi connectivity index (χ1n) is 16.1. The van der Waals surface area contributed by atoms with Crippen LogP contribution in [0.15, 0.2) is 120 Å². The number of fused-ring (bicyclic) bond motifs is 5. The highest BCUT2D eigenvalue weighted by Crippen LogP contribution is 2.59. The summed E-state index contributed by atoms with van der Waals surface area (Å²) in [6, 6.07) is 33.8. The highest BCUT2D eigenvalue weighted by Gasteiger charge is 2.67. The van der Waals surface area contributed by atoms with Crippen molar-refractivity contribution in [3.63, 3.8) is 0 Å². The maximum absolute atomic E-state index is 14.9. The first-order valence-corrected chi connectivity index (χ1v) is 20.3. The van der Waals surface area contributed by atoms with Crippen molar-refractivity contribution in [2.24, 2.45) is 0 Å². The van der Waals surface area contributed by atoms with E-state index in [1.807, 2.05) is 55.5 Å². The van der Waals surface area contributed by atoms with Crippen molar-refractivity contribution in [1.82, 2.24) is 10.2 Å². The number of hydrogen-bond acceptors (Lipinski definition) is 5. The lowest BCUT2D eigenvalue weighted by Crippen LogP contribution is -2.72. The van der Waals surface area contributed by atoms with Crippen LogP contribution in [0, 0.1) is 0 Å². The van der Waals surface area contributed by atoms with Gasteiger partial charge in [-0.05, 0) is 46.1 Å². The Labute approximate surface area is 291 Å². The molecule has 3 aliphatic heterocycles. The molecule has 5 atom stereocenters. The molecule has 2 fully saturated rings. The predicted molar refractivity (Wildman–Crippen MR) is 192 cm³/mol.